The third-order valence-corrected chi connectivity index (χ3v) is 8.04. The number of pyridine rings is 1. The lowest BCUT2D eigenvalue weighted by atomic mass is 10.0. The number of fused-ring (bicyclic) bond motifs is 1. The number of sulfonamides is 2. The quantitative estimate of drug-likeness (QED) is 0.276. The van der Waals surface area contributed by atoms with E-state index in [1.54, 1.807) is 28.9 Å². The summed E-state index contributed by atoms with van der Waals surface area (Å²) in [6, 6.07) is 7.70. The van der Waals surface area contributed by atoms with Gasteiger partial charge in [-0.2, -0.15) is 0 Å². The van der Waals surface area contributed by atoms with Crippen LogP contribution in [-0.2, 0) is 20.0 Å². The molecule has 0 spiro atoms. The van der Waals surface area contributed by atoms with Gasteiger partial charge >= 0.3 is 0 Å². The van der Waals surface area contributed by atoms with Crippen molar-refractivity contribution in [1.29, 1.82) is 0 Å². The minimum absolute atomic E-state index is 0.0560. The second kappa shape index (κ2) is 7.96. The molecule has 172 valence electrons. The number of nitrogens with zero attached hydrogens (tertiary/aromatic N) is 5. The van der Waals surface area contributed by atoms with Gasteiger partial charge in [-0.15, -0.1) is 5.10 Å². The van der Waals surface area contributed by atoms with Crippen molar-refractivity contribution in [3.05, 3.63) is 42.7 Å². The molecule has 0 amide bonds. The summed E-state index contributed by atoms with van der Waals surface area (Å²) < 4.78 is 56.4. The normalized spacial score (nSPS) is 17.1. The molecule has 0 saturated carbocycles. The molecule has 5 N–H and O–H groups in total. The zero-order valence-corrected chi connectivity index (χ0v) is 18.6. The van der Waals surface area contributed by atoms with Gasteiger partial charge in [0.1, 0.15) is 15.4 Å². The Morgan fingerprint density at radius 1 is 1.15 bits per heavy atom. The van der Waals surface area contributed by atoms with Gasteiger partial charge in [-0.25, -0.2) is 36.8 Å². The summed E-state index contributed by atoms with van der Waals surface area (Å²) in [5.74, 6) is -0.0560. The van der Waals surface area contributed by atoms with Crippen molar-refractivity contribution < 1.29 is 16.8 Å². The average Bonchev–Trinajstić information content (AvgIpc) is 3.53. The van der Waals surface area contributed by atoms with E-state index in [0.29, 0.717) is 36.4 Å². The molecule has 5 rings (SSSR count). The molecule has 0 unspecified atom stereocenters. The van der Waals surface area contributed by atoms with E-state index < -0.39 is 29.8 Å². The first-order valence-electron chi connectivity index (χ1n) is 9.85. The van der Waals surface area contributed by atoms with Gasteiger partial charge in [0.2, 0.25) is 20.0 Å². The number of imidazole rings is 1. The fraction of sp³-hybridized carbons (Fsp3) is 0.222. The first kappa shape index (κ1) is 21.6. The van der Waals surface area contributed by atoms with Crippen LogP contribution in [0.25, 0.3) is 28.3 Å². The third-order valence-electron chi connectivity index (χ3n) is 5.35. The summed E-state index contributed by atoms with van der Waals surface area (Å²) in [5, 5.41) is 22.1. The summed E-state index contributed by atoms with van der Waals surface area (Å²) in [4.78, 5) is 3.24. The van der Waals surface area contributed by atoms with E-state index in [0.717, 1.165) is 0 Å². The Morgan fingerprint density at radius 3 is 2.70 bits per heavy atom. The van der Waals surface area contributed by atoms with Gasteiger partial charge in [0.25, 0.3) is 0 Å². The highest BCUT2D eigenvalue weighted by atomic mass is 32.2. The Hall–Kier alpha value is -3.24. The van der Waals surface area contributed by atoms with E-state index >= 15 is 0 Å². The number of aromatic nitrogens is 6. The minimum Gasteiger partial charge on any atom is -0.315 e. The van der Waals surface area contributed by atoms with Gasteiger partial charge in [-0.3, -0.25) is 4.40 Å². The second-order valence-corrected chi connectivity index (χ2v) is 10.7. The molecule has 0 radical (unpaired) electrons. The lowest BCUT2D eigenvalue weighted by Crippen LogP contribution is -2.37. The highest BCUT2D eigenvalue weighted by Gasteiger charge is 2.34. The fourth-order valence-corrected chi connectivity index (χ4v) is 6.82. The number of H-pyrrole nitrogens is 1. The van der Waals surface area contributed by atoms with Crippen LogP contribution < -0.4 is 15.2 Å². The smallest absolute Gasteiger partial charge is 0.242 e. The lowest BCUT2D eigenvalue weighted by Gasteiger charge is -2.18. The number of benzene rings is 1. The van der Waals surface area contributed by atoms with Gasteiger partial charge in [0.05, 0.1) is 17.5 Å². The number of primary sulfonamides is 1. The predicted octanol–water partition coefficient (Wildman–Crippen LogP) is -0.531. The molecule has 1 aliphatic heterocycles. The molecule has 1 fully saturated rings. The predicted molar refractivity (Wildman–Crippen MR) is 117 cm³/mol. The van der Waals surface area contributed by atoms with E-state index in [-0.39, 0.29) is 17.4 Å². The lowest BCUT2D eigenvalue weighted by molar-refractivity contribution is 0.555. The summed E-state index contributed by atoms with van der Waals surface area (Å²) in [7, 11) is -8.81. The van der Waals surface area contributed by atoms with E-state index in [9.17, 15) is 16.8 Å². The second-order valence-electron chi connectivity index (χ2n) is 7.49. The number of nitrogens with two attached hydrogens (primary N) is 1. The number of aromatic amines is 1. The van der Waals surface area contributed by atoms with Crippen LogP contribution in [0, 0.1) is 0 Å². The van der Waals surface area contributed by atoms with E-state index in [4.69, 9.17) is 5.14 Å². The Bertz CT molecular complexity index is 1540. The van der Waals surface area contributed by atoms with Crippen molar-refractivity contribution in [2.45, 2.75) is 22.3 Å². The number of nitrogens with one attached hydrogen (secondary N) is 3. The molecular formula is C18H19N9O4S2. The van der Waals surface area contributed by atoms with Crippen LogP contribution in [0.3, 0.4) is 0 Å². The molecule has 4 aromatic rings. The number of hydrogen-bond acceptors (Lipinski definition) is 9. The monoisotopic (exact) mass is 489 g/mol. The van der Waals surface area contributed by atoms with Gasteiger partial charge in [0, 0.05) is 24.3 Å². The molecule has 1 saturated heterocycles. The maximum atomic E-state index is 13.2. The molecule has 0 bridgehead atoms. The molecular weight excluding hydrogens is 470 g/mol. The van der Waals surface area contributed by atoms with Crippen molar-refractivity contribution in [2.75, 3.05) is 13.1 Å². The summed E-state index contributed by atoms with van der Waals surface area (Å²) in [6.07, 6.45) is 3.86. The number of hydrogen-bond donors (Lipinski definition) is 4. The van der Waals surface area contributed by atoms with E-state index in [1.165, 1.54) is 12.1 Å². The zero-order valence-electron chi connectivity index (χ0n) is 17.0. The molecule has 3 aromatic heterocycles. The molecule has 0 aliphatic carbocycles. The molecule has 1 aliphatic rings. The molecule has 4 heterocycles. The number of rotatable bonds is 6. The SMILES string of the molecule is NS(=O)(=O)c1c(S(=O)(=O)N[C@@H]2CCNC2)ccc(-c2cnc3ccccn23)c1-c1nnn[nH]1. The highest BCUT2D eigenvalue weighted by Crippen LogP contribution is 2.38. The fourth-order valence-electron chi connectivity index (χ4n) is 3.94. The average molecular weight is 490 g/mol. The summed E-state index contributed by atoms with van der Waals surface area (Å²) >= 11 is 0. The topological polar surface area (TPSA) is 190 Å². The number of tetrazole rings is 1. The molecule has 1 atom stereocenters. The first-order chi connectivity index (χ1) is 15.8. The van der Waals surface area contributed by atoms with Crippen LogP contribution in [0.5, 0.6) is 0 Å². The zero-order chi connectivity index (χ0) is 23.2. The van der Waals surface area contributed by atoms with Crippen LogP contribution in [0.4, 0.5) is 0 Å². The standard InChI is InChI=1S/C18H19N9O4S2/c19-32(28,29)17-14(33(30,31)24-11-6-7-20-9-11)5-4-12(16(17)18-22-25-26-23-18)13-10-21-15-3-1-2-8-27(13)15/h1-5,8,10-11,20,24H,6-7,9H2,(H2,19,28,29)(H,22,23,25,26)/t11-/m1/s1. The van der Waals surface area contributed by atoms with Crippen molar-refractivity contribution >= 4 is 25.7 Å². The summed E-state index contributed by atoms with van der Waals surface area (Å²) in [6.45, 7) is 1.08. The maximum Gasteiger partial charge on any atom is 0.242 e. The molecule has 33 heavy (non-hydrogen) atoms. The molecule has 15 heteroatoms. The van der Waals surface area contributed by atoms with Crippen LogP contribution in [0.1, 0.15) is 6.42 Å². The van der Waals surface area contributed by atoms with Crippen LogP contribution in [-0.4, -0.2) is 66.0 Å². The van der Waals surface area contributed by atoms with Crippen molar-refractivity contribution in [1.82, 2.24) is 40.0 Å². The van der Waals surface area contributed by atoms with Gasteiger partial charge < -0.3 is 5.32 Å². The third kappa shape index (κ3) is 3.89. The Morgan fingerprint density at radius 2 is 2.00 bits per heavy atom. The first-order valence-corrected chi connectivity index (χ1v) is 12.9. The van der Waals surface area contributed by atoms with Crippen molar-refractivity contribution in [3.63, 3.8) is 0 Å². The highest BCUT2D eigenvalue weighted by molar-refractivity contribution is 7.92. The minimum atomic E-state index is -4.55. The molecule has 13 nitrogen and oxygen atoms in total. The van der Waals surface area contributed by atoms with E-state index in [2.05, 4.69) is 35.6 Å². The van der Waals surface area contributed by atoms with Gasteiger partial charge in [0.15, 0.2) is 5.82 Å². The summed E-state index contributed by atoms with van der Waals surface area (Å²) in [5.41, 5.74) is 1.37. The molecule has 1 aromatic carbocycles. The van der Waals surface area contributed by atoms with E-state index in [1.807, 2.05) is 6.07 Å². The Balaban J connectivity index is 1.81. The van der Waals surface area contributed by atoms with Crippen molar-refractivity contribution in [3.8, 4) is 22.6 Å². The van der Waals surface area contributed by atoms with Crippen molar-refractivity contribution in [2.24, 2.45) is 5.14 Å². The van der Waals surface area contributed by atoms with Crippen LogP contribution >= 0.6 is 0 Å². The Labute approximate surface area is 188 Å². The maximum absolute atomic E-state index is 13.2. The largest absolute Gasteiger partial charge is 0.315 e. The van der Waals surface area contributed by atoms with Crippen LogP contribution in [0.2, 0.25) is 0 Å². The Kier molecular flexibility index (Phi) is 5.21. The van der Waals surface area contributed by atoms with Gasteiger partial charge in [-0.1, -0.05) is 12.1 Å². The van der Waals surface area contributed by atoms with Crippen LogP contribution in [0.15, 0.2) is 52.5 Å². The van der Waals surface area contributed by atoms with Gasteiger partial charge in [-0.05, 0) is 41.6 Å².